The Balaban J connectivity index is 2.53. The van der Waals surface area contributed by atoms with Crippen LogP contribution in [-0.2, 0) is 0 Å². The Labute approximate surface area is 107 Å². The number of nitro groups is 1. The lowest BCUT2D eigenvalue weighted by atomic mass is 10.3. The zero-order valence-corrected chi connectivity index (χ0v) is 11.1. The molecule has 0 amide bonds. The molecule has 6 nitrogen and oxygen atoms in total. The zero-order chi connectivity index (χ0) is 13.5. The summed E-state index contributed by atoms with van der Waals surface area (Å²) >= 11 is 0. The van der Waals surface area contributed by atoms with E-state index in [9.17, 15) is 10.1 Å². The molecule has 0 saturated heterocycles. The van der Waals surface area contributed by atoms with Crippen molar-refractivity contribution >= 4 is 11.5 Å². The molecule has 0 aliphatic carbocycles. The maximum absolute atomic E-state index is 10.5. The monoisotopic (exact) mass is 252 g/mol. The van der Waals surface area contributed by atoms with E-state index < -0.39 is 4.92 Å². The van der Waals surface area contributed by atoms with E-state index in [1.54, 1.807) is 6.07 Å². The molecule has 0 saturated carbocycles. The van der Waals surface area contributed by atoms with Gasteiger partial charge in [-0.05, 0) is 26.1 Å². The first kappa shape index (κ1) is 14.4. The molecule has 0 fully saturated rings. The summed E-state index contributed by atoms with van der Waals surface area (Å²) in [6.45, 7) is 9.26. The largest absolute Gasteiger partial charge is 0.366 e. The molecule has 1 aromatic heterocycles. The molecule has 0 aromatic carbocycles. The molecule has 18 heavy (non-hydrogen) atoms. The lowest BCUT2D eigenvalue weighted by Crippen LogP contribution is -2.34. The number of hydrogen-bond donors (Lipinski definition) is 1. The number of anilines is 1. The van der Waals surface area contributed by atoms with Gasteiger partial charge in [-0.25, -0.2) is 4.98 Å². The Morgan fingerprint density at radius 2 is 2.11 bits per heavy atom. The maximum atomic E-state index is 10.5. The van der Waals surface area contributed by atoms with Gasteiger partial charge in [-0.15, -0.1) is 0 Å². The number of likely N-dealkylation sites (N-methyl/N-ethyl adjacent to an activating group) is 1. The molecular weight excluding hydrogens is 232 g/mol. The van der Waals surface area contributed by atoms with Crippen molar-refractivity contribution in [1.29, 1.82) is 0 Å². The highest BCUT2D eigenvalue weighted by molar-refractivity contribution is 5.40. The van der Waals surface area contributed by atoms with Crippen LogP contribution in [0.5, 0.6) is 0 Å². The van der Waals surface area contributed by atoms with Crippen molar-refractivity contribution in [2.45, 2.75) is 26.8 Å². The Hall–Kier alpha value is -1.69. The number of nitrogens with one attached hydrogen (secondary N) is 1. The summed E-state index contributed by atoms with van der Waals surface area (Å²) in [6, 6.07) is 3.34. The number of rotatable bonds is 7. The number of pyridine rings is 1. The zero-order valence-electron chi connectivity index (χ0n) is 11.1. The third-order valence-electron chi connectivity index (χ3n) is 2.78. The fourth-order valence-corrected chi connectivity index (χ4v) is 1.75. The van der Waals surface area contributed by atoms with Crippen molar-refractivity contribution in [3.8, 4) is 0 Å². The molecular formula is C12H20N4O2. The second-order valence-electron chi connectivity index (χ2n) is 4.19. The van der Waals surface area contributed by atoms with Crippen molar-refractivity contribution in [2.24, 2.45) is 0 Å². The van der Waals surface area contributed by atoms with Crippen LogP contribution in [0.1, 0.15) is 20.8 Å². The molecule has 6 heteroatoms. The van der Waals surface area contributed by atoms with Crippen LogP contribution in [0.25, 0.3) is 0 Å². The van der Waals surface area contributed by atoms with Crippen LogP contribution in [0.15, 0.2) is 18.3 Å². The van der Waals surface area contributed by atoms with Gasteiger partial charge in [-0.3, -0.25) is 10.1 Å². The Kier molecular flexibility index (Phi) is 5.51. The minimum absolute atomic E-state index is 0.0111. The molecule has 1 N–H and O–H groups in total. The molecule has 1 unspecified atom stereocenters. The Bertz CT molecular complexity index is 376. The highest BCUT2D eigenvalue weighted by Crippen LogP contribution is 2.12. The van der Waals surface area contributed by atoms with Gasteiger partial charge in [0.2, 0.25) is 0 Å². The molecule has 0 aliphatic heterocycles. The SMILES string of the molecule is CCN(CC)CC(C)Nc1ccc([N+](=O)[O-])cn1. The van der Waals surface area contributed by atoms with Gasteiger partial charge >= 0.3 is 0 Å². The highest BCUT2D eigenvalue weighted by atomic mass is 16.6. The fraction of sp³-hybridized carbons (Fsp3) is 0.583. The van der Waals surface area contributed by atoms with Crippen molar-refractivity contribution in [1.82, 2.24) is 9.88 Å². The lowest BCUT2D eigenvalue weighted by molar-refractivity contribution is -0.385. The highest BCUT2D eigenvalue weighted by Gasteiger charge is 2.09. The van der Waals surface area contributed by atoms with Gasteiger partial charge in [0.05, 0.1) is 4.92 Å². The minimum atomic E-state index is -0.448. The van der Waals surface area contributed by atoms with E-state index in [-0.39, 0.29) is 11.7 Å². The van der Waals surface area contributed by atoms with Crippen LogP contribution < -0.4 is 5.32 Å². The number of nitrogens with zero attached hydrogens (tertiary/aromatic N) is 3. The summed E-state index contributed by atoms with van der Waals surface area (Å²) < 4.78 is 0. The van der Waals surface area contributed by atoms with E-state index >= 15 is 0 Å². The smallest absolute Gasteiger partial charge is 0.287 e. The predicted molar refractivity (Wildman–Crippen MR) is 71.8 cm³/mol. The molecule has 0 aliphatic rings. The molecule has 0 radical (unpaired) electrons. The van der Waals surface area contributed by atoms with Crippen molar-refractivity contribution < 1.29 is 4.92 Å². The third kappa shape index (κ3) is 4.29. The molecule has 0 bridgehead atoms. The molecule has 1 rings (SSSR count). The second kappa shape index (κ2) is 6.90. The van der Waals surface area contributed by atoms with Gasteiger partial charge in [-0.1, -0.05) is 13.8 Å². The summed E-state index contributed by atoms with van der Waals surface area (Å²) in [5.74, 6) is 0.667. The maximum Gasteiger partial charge on any atom is 0.287 e. The van der Waals surface area contributed by atoms with Crippen molar-refractivity contribution in [3.63, 3.8) is 0 Å². The van der Waals surface area contributed by atoms with E-state index in [1.807, 2.05) is 0 Å². The van der Waals surface area contributed by atoms with Crippen LogP contribution in [0.2, 0.25) is 0 Å². The normalized spacial score (nSPS) is 12.4. The van der Waals surface area contributed by atoms with Crippen molar-refractivity contribution in [3.05, 3.63) is 28.4 Å². The van der Waals surface area contributed by atoms with Crippen molar-refractivity contribution in [2.75, 3.05) is 25.0 Å². The summed E-state index contributed by atoms with van der Waals surface area (Å²) in [5, 5.41) is 13.7. The van der Waals surface area contributed by atoms with Gasteiger partial charge in [-0.2, -0.15) is 0 Å². The van der Waals surface area contributed by atoms with E-state index in [1.165, 1.54) is 12.3 Å². The molecule has 0 spiro atoms. The average molecular weight is 252 g/mol. The van der Waals surface area contributed by atoms with Gasteiger partial charge in [0, 0.05) is 18.7 Å². The first-order valence-corrected chi connectivity index (χ1v) is 6.16. The molecule has 1 heterocycles. The minimum Gasteiger partial charge on any atom is -0.366 e. The second-order valence-corrected chi connectivity index (χ2v) is 4.19. The Morgan fingerprint density at radius 1 is 1.44 bits per heavy atom. The van der Waals surface area contributed by atoms with Gasteiger partial charge in [0.1, 0.15) is 12.0 Å². The van der Waals surface area contributed by atoms with E-state index in [0.29, 0.717) is 5.82 Å². The molecule has 1 atom stereocenters. The molecule has 100 valence electrons. The van der Waals surface area contributed by atoms with Crippen LogP contribution in [-0.4, -0.2) is 40.5 Å². The van der Waals surface area contributed by atoms with Gasteiger partial charge in [0.15, 0.2) is 0 Å². The molecule has 1 aromatic rings. The quantitative estimate of drug-likeness (QED) is 0.594. The van der Waals surface area contributed by atoms with E-state index in [0.717, 1.165) is 19.6 Å². The first-order valence-electron chi connectivity index (χ1n) is 6.16. The fourth-order valence-electron chi connectivity index (χ4n) is 1.75. The third-order valence-corrected chi connectivity index (χ3v) is 2.78. The van der Waals surface area contributed by atoms with E-state index in [2.05, 4.69) is 36.0 Å². The van der Waals surface area contributed by atoms with Crippen LogP contribution in [0, 0.1) is 10.1 Å². The van der Waals surface area contributed by atoms with Gasteiger partial charge < -0.3 is 10.2 Å². The van der Waals surface area contributed by atoms with Crippen LogP contribution in [0.3, 0.4) is 0 Å². The number of hydrogen-bond acceptors (Lipinski definition) is 5. The summed E-state index contributed by atoms with van der Waals surface area (Å²) in [6.07, 6.45) is 1.27. The lowest BCUT2D eigenvalue weighted by Gasteiger charge is -2.23. The summed E-state index contributed by atoms with van der Waals surface area (Å²) in [7, 11) is 0. The van der Waals surface area contributed by atoms with Crippen LogP contribution >= 0.6 is 0 Å². The Morgan fingerprint density at radius 3 is 2.56 bits per heavy atom. The van der Waals surface area contributed by atoms with Crippen LogP contribution in [0.4, 0.5) is 11.5 Å². The topological polar surface area (TPSA) is 71.3 Å². The first-order chi connectivity index (χ1) is 8.56. The predicted octanol–water partition coefficient (Wildman–Crippen LogP) is 2.13. The number of aromatic nitrogens is 1. The summed E-state index contributed by atoms with van der Waals surface area (Å²) in [5.41, 5.74) is 0.0111. The standard InChI is InChI=1S/C12H20N4O2/c1-4-15(5-2)9-10(3)14-12-7-6-11(8-13-12)16(17)18/h6-8,10H,4-5,9H2,1-3H3,(H,13,14). The average Bonchev–Trinajstić information content (AvgIpc) is 2.36. The van der Waals surface area contributed by atoms with E-state index in [4.69, 9.17) is 0 Å². The van der Waals surface area contributed by atoms with Gasteiger partial charge in [0.25, 0.3) is 5.69 Å². The summed E-state index contributed by atoms with van der Waals surface area (Å²) in [4.78, 5) is 16.4.